The van der Waals surface area contributed by atoms with Crippen LogP contribution in [0.15, 0.2) is 66.7 Å². The van der Waals surface area contributed by atoms with Crippen LogP contribution in [-0.4, -0.2) is 37.2 Å². The fourth-order valence-corrected chi connectivity index (χ4v) is 3.95. The molecule has 3 N–H and O–H groups in total. The molecular formula is C27H28Cl2N4O2. The van der Waals surface area contributed by atoms with Crippen LogP contribution in [0.25, 0.3) is 11.1 Å². The summed E-state index contributed by atoms with van der Waals surface area (Å²) in [6.07, 6.45) is 0.948. The molecule has 3 aromatic rings. The maximum Gasteiger partial charge on any atom is 0.224 e. The number of nitriles is 1. The zero-order valence-corrected chi connectivity index (χ0v) is 21.2. The van der Waals surface area contributed by atoms with Crippen LogP contribution >= 0.6 is 23.2 Å². The predicted molar refractivity (Wildman–Crippen MR) is 142 cm³/mol. The summed E-state index contributed by atoms with van der Waals surface area (Å²) in [7, 11) is 1.82. The Morgan fingerprint density at radius 2 is 1.74 bits per heavy atom. The first-order chi connectivity index (χ1) is 16.8. The summed E-state index contributed by atoms with van der Waals surface area (Å²) in [5.41, 5.74) is 9.88. The normalized spacial score (nSPS) is 10.9. The number of aldehydes is 1. The maximum atomic E-state index is 12.2. The third kappa shape index (κ3) is 8.41. The number of nitrogens with one attached hydrogen (secondary N) is 1. The van der Waals surface area contributed by atoms with Gasteiger partial charge < -0.3 is 20.7 Å². The van der Waals surface area contributed by atoms with E-state index in [9.17, 15) is 9.59 Å². The average molecular weight is 511 g/mol. The van der Waals surface area contributed by atoms with Crippen LogP contribution in [0.5, 0.6) is 0 Å². The van der Waals surface area contributed by atoms with Gasteiger partial charge in [0.25, 0.3) is 0 Å². The van der Waals surface area contributed by atoms with E-state index in [0.717, 1.165) is 28.7 Å². The molecule has 1 amide bonds. The summed E-state index contributed by atoms with van der Waals surface area (Å²) >= 11 is 11.4. The summed E-state index contributed by atoms with van der Waals surface area (Å²) in [6.45, 7) is 2.20. The third-order valence-electron chi connectivity index (χ3n) is 5.29. The number of hydrogen-bond donors (Lipinski definition) is 2. The van der Waals surface area contributed by atoms with Gasteiger partial charge in [-0.3, -0.25) is 4.79 Å². The fraction of sp³-hybridized carbons (Fsp3) is 0.222. The Morgan fingerprint density at radius 1 is 1.09 bits per heavy atom. The van der Waals surface area contributed by atoms with Crippen LogP contribution in [0.1, 0.15) is 30.5 Å². The number of nitrogens with zero attached hydrogens (tertiary/aromatic N) is 2. The number of halogens is 2. The van der Waals surface area contributed by atoms with Gasteiger partial charge in [0.1, 0.15) is 6.29 Å². The minimum atomic E-state index is -0.219. The lowest BCUT2D eigenvalue weighted by molar-refractivity contribution is -0.135. The Labute approximate surface area is 216 Å². The van der Waals surface area contributed by atoms with Crippen LogP contribution in [0, 0.1) is 11.3 Å². The standard InChI is InChI=1S/C20H21N3O2.C7H7Cl2N/c1-15(23(11-12-24)20(25)9-10-21)17-5-7-18(8-6-17)19-4-2-3-16(13-19)14-22;1-10-7-3-5(8)2-6(9)4-7/h2-8,12-13,15H,9-11,21H2,1H3;2-4,10H,1H3. The molecule has 0 aromatic heterocycles. The zero-order valence-electron chi connectivity index (χ0n) is 19.7. The Morgan fingerprint density at radius 3 is 2.29 bits per heavy atom. The smallest absolute Gasteiger partial charge is 0.224 e. The van der Waals surface area contributed by atoms with Crippen molar-refractivity contribution in [2.24, 2.45) is 5.73 Å². The molecule has 1 unspecified atom stereocenters. The molecule has 6 nitrogen and oxygen atoms in total. The van der Waals surface area contributed by atoms with E-state index >= 15 is 0 Å². The molecule has 0 fully saturated rings. The maximum absolute atomic E-state index is 12.2. The molecule has 0 aliphatic carbocycles. The molecule has 0 saturated carbocycles. The lowest BCUT2D eigenvalue weighted by Crippen LogP contribution is -2.36. The minimum Gasteiger partial charge on any atom is -0.388 e. The molecule has 3 aromatic carbocycles. The SMILES string of the molecule is CC(c1ccc(-c2cccc(C#N)c2)cc1)N(CC=O)C(=O)CCN.CNc1cc(Cl)cc(Cl)c1. The predicted octanol–water partition coefficient (Wildman–Crippen LogP) is 5.70. The van der Waals surface area contributed by atoms with Crippen LogP contribution in [0.3, 0.4) is 0 Å². The van der Waals surface area contributed by atoms with E-state index in [1.54, 1.807) is 12.1 Å². The van der Waals surface area contributed by atoms with Crippen LogP contribution in [0.4, 0.5) is 5.69 Å². The van der Waals surface area contributed by atoms with Crippen molar-refractivity contribution in [3.8, 4) is 17.2 Å². The average Bonchev–Trinajstić information content (AvgIpc) is 2.87. The highest BCUT2D eigenvalue weighted by molar-refractivity contribution is 6.35. The van der Waals surface area contributed by atoms with Crippen molar-refractivity contribution in [2.75, 3.05) is 25.5 Å². The van der Waals surface area contributed by atoms with Crippen LogP contribution in [0.2, 0.25) is 10.0 Å². The Balaban J connectivity index is 0.000000360. The molecule has 0 aliphatic heterocycles. The molecule has 182 valence electrons. The molecule has 35 heavy (non-hydrogen) atoms. The lowest BCUT2D eigenvalue weighted by atomic mass is 9.99. The first kappa shape index (κ1) is 27.9. The third-order valence-corrected chi connectivity index (χ3v) is 5.72. The topological polar surface area (TPSA) is 99.2 Å². The van der Waals surface area contributed by atoms with Crippen LogP contribution in [-0.2, 0) is 9.59 Å². The summed E-state index contributed by atoms with van der Waals surface area (Å²) in [5, 5.41) is 13.2. The number of benzene rings is 3. The number of rotatable bonds is 8. The Kier molecular flexibility index (Phi) is 11.2. The van der Waals surface area contributed by atoms with Crippen molar-refractivity contribution >= 4 is 41.1 Å². The van der Waals surface area contributed by atoms with E-state index in [0.29, 0.717) is 15.6 Å². The van der Waals surface area contributed by atoms with E-state index in [1.807, 2.05) is 68.6 Å². The number of carbonyl (C=O) groups excluding carboxylic acids is 2. The van der Waals surface area contributed by atoms with Gasteiger partial charge in [-0.1, -0.05) is 59.6 Å². The van der Waals surface area contributed by atoms with Crippen molar-refractivity contribution in [3.63, 3.8) is 0 Å². The second kappa shape index (κ2) is 14.1. The molecule has 0 spiro atoms. The number of anilines is 1. The Hall–Kier alpha value is -3.37. The molecule has 0 saturated heterocycles. The lowest BCUT2D eigenvalue weighted by Gasteiger charge is -2.28. The highest BCUT2D eigenvalue weighted by Gasteiger charge is 2.20. The molecule has 0 radical (unpaired) electrons. The second-order valence-corrected chi connectivity index (χ2v) is 8.52. The van der Waals surface area contributed by atoms with Gasteiger partial charge in [0.15, 0.2) is 0 Å². The first-order valence-corrected chi connectivity index (χ1v) is 11.8. The van der Waals surface area contributed by atoms with Crippen molar-refractivity contribution < 1.29 is 9.59 Å². The van der Waals surface area contributed by atoms with Gasteiger partial charge in [-0.05, 0) is 53.9 Å². The second-order valence-electron chi connectivity index (χ2n) is 7.65. The highest BCUT2D eigenvalue weighted by atomic mass is 35.5. The van der Waals surface area contributed by atoms with Gasteiger partial charge >= 0.3 is 0 Å². The van der Waals surface area contributed by atoms with E-state index < -0.39 is 0 Å². The molecule has 0 aliphatic rings. The highest BCUT2D eigenvalue weighted by Crippen LogP contribution is 2.26. The first-order valence-electron chi connectivity index (χ1n) is 11.0. The van der Waals surface area contributed by atoms with Crippen molar-refractivity contribution in [1.82, 2.24) is 4.90 Å². The van der Waals surface area contributed by atoms with E-state index in [1.165, 1.54) is 4.90 Å². The number of amides is 1. The molecular weight excluding hydrogens is 483 g/mol. The van der Waals surface area contributed by atoms with Gasteiger partial charge in [0.2, 0.25) is 5.91 Å². The largest absolute Gasteiger partial charge is 0.388 e. The summed E-state index contributed by atoms with van der Waals surface area (Å²) in [4.78, 5) is 24.6. The molecule has 8 heteroatoms. The van der Waals surface area contributed by atoms with Gasteiger partial charge in [0.05, 0.1) is 24.2 Å². The summed E-state index contributed by atoms with van der Waals surface area (Å²) < 4.78 is 0. The molecule has 3 rings (SSSR count). The van der Waals surface area contributed by atoms with Gasteiger partial charge in [-0.25, -0.2) is 0 Å². The van der Waals surface area contributed by atoms with Gasteiger partial charge in [-0.15, -0.1) is 0 Å². The zero-order chi connectivity index (χ0) is 25.8. The fourth-order valence-electron chi connectivity index (χ4n) is 3.42. The van der Waals surface area contributed by atoms with Crippen molar-refractivity contribution in [2.45, 2.75) is 19.4 Å². The van der Waals surface area contributed by atoms with Crippen molar-refractivity contribution in [3.05, 3.63) is 87.9 Å². The van der Waals surface area contributed by atoms with E-state index in [-0.39, 0.29) is 31.5 Å². The number of hydrogen-bond acceptors (Lipinski definition) is 5. The molecule has 0 heterocycles. The van der Waals surface area contributed by atoms with E-state index in [4.69, 9.17) is 34.2 Å². The molecule has 1 atom stereocenters. The quantitative estimate of drug-likeness (QED) is 0.378. The Bertz CT molecular complexity index is 1160. The summed E-state index contributed by atoms with van der Waals surface area (Å²) in [5.74, 6) is -0.132. The summed E-state index contributed by atoms with van der Waals surface area (Å²) in [6, 6.07) is 22.4. The van der Waals surface area contributed by atoms with Gasteiger partial charge in [-0.2, -0.15) is 5.26 Å². The minimum absolute atomic E-state index is 0.0476. The van der Waals surface area contributed by atoms with Crippen molar-refractivity contribution in [1.29, 1.82) is 5.26 Å². The molecule has 0 bridgehead atoms. The van der Waals surface area contributed by atoms with Crippen LogP contribution < -0.4 is 11.1 Å². The monoisotopic (exact) mass is 510 g/mol. The van der Waals surface area contributed by atoms with Gasteiger partial charge in [0, 0.05) is 35.7 Å². The number of carbonyl (C=O) groups is 2. The number of nitrogens with two attached hydrogens (primary N) is 1. The van der Waals surface area contributed by atoms with E-state index in [2.05, 4.69) is 11.4 Å².